The highest BCUT2D eigenvalue weighted by molar-refractivity contribution is 7.99. The molecule has 0 aliphatic carbocycles. The predicted octanol–water partition coefficient (Wildman–Crippen LogP) is 3.79. The second kappa shape index (κ2) is 5.59. The number of benzene rings is 1. The molecule has 0 saturated heterocycles. The molecule has 0 unspecified atom stereocenters. The van der Waals surface area contributed by atoms with Crippen LogP contribution in [0.2, 0.25) is 5.02 Å². The lowest BCUT2D eigenvalue weighted by Crippen LogP contribution is -2.06. The van der Waals surface area contributed by atoms with Crippen LogP contribution in [0.1, 0.15) is 17.3 Å². The fourth-order valence-corrected chi connectivity index (χ4v) is 2.82. The van der Waals surface area contributed by atoms with E-state index in [1.807, 2.05) is 31.2 Å². The van der Waals surface area contributed by atoms with Gasteiger partial charge in [0.2, 0.25) is 0 Å². The fraction of sp³-hybridized carbons (Fsp3) is 0.231. The van der Waals surface area contributed by atoms with Gasteiger partial charge in [-0.15, -0.1) is 11.8 Å². The van der Waals surface area contributed by atoms with Crippen LogP contribution in [0.15, 0.2) is 29.3 Å². The molecule has 0 saturated carbocycles. The summed E-state index contributed by atoms with van der Waals surface area (Å²) in [6.45, 7) is 2.00. The summed E-state index contributed by atoms with van der Waals surface area (Å²) >= 11 is 7.78. The Kier molecular flexibility index (Phi) is 4.09. The van der Waals surface area contributed by atoms with Crippen LogP contribution in [0.4, 0.5) is 0 Å². The van der Waals surface area contributed by atoms with Crippen molar-refractivity contribution in [3.63, 3.8) is 0 Å². The first kappa shape index (κ1) is 13.2. The third-order valence-electron chi connectivity index (χ3n) is 2.47. The zero-order valence-corrected chi connectivity index (χ0v) is 11.6. The van der Waals surface area contributed by atoms with Crippen LogP contribution in [0.5, 0.6) is 0 Å². The van der Waals surface area contributed by atoms with Crippen molar-refractivity contribution in [3.05, 3.63) is 34.9 Å². The average Bonchev–Trinajstić information content (AvgIpc) is 2.39. The monoisotopic (exact) mass is 281 g/mol. The molecule has 1 heterocycles. The maximum Gasteiger partial charge on any atom is 0.342 e. The number of rotatable bonds is 3. The van der Waals surface area contributed by atoms with E-state index in [9.17, 15) is 4.79 Å². The Bertz CT molecular complexity index is 601. The van der Waals surface area contributed by atoms with Crippen LogP contribution in [-0.2, 0) is 4.74 Å². The molecule has 5 heteroatoms. The maximum atomic E-state index is 11.8. The largest absolute Gasteiger partial charge is 0.465 e. The Balaban J connectivity index is 2.75. The molecule has 2 aromatic rings. The van der Waals surface area contributed by atoms with Gasteiger partial charge in [-0.3, -0.25) is 0 Å². The Labute approximate surface area is 114 Å². The molecule has 1 aromatic carbocycles. The summed E-state index contributed by atoms with van der Waals surface area (Å²) in [4.78, 5) is 16.3. The number of nitrogens with zero attached hydrogens (tertiary/aromatic N) is 1. The second-order valence-corrected chi connectivity index (χ2v) is 5.18. The Morgan fingerprint density at radius 1 is 1.44 bits per heavy atom. The summed E-state index contributed by atoms with van der Waals surface area (Å²) in [5.74, 6) is 0.361. The number of thioether (sulfide) groups is 1. The van der Waals surface area contributed by atoms with Crippen LogP contribution in [0.25, 0.3) is 10.9 Å². The van der Waals surface area contributed by atoms with E-state index in [0.717, 1.165) is 16.7 Å². The van der Waals surface area contributed by atoms with Crippen LogP contribution in [0, 0.1) is 0 Å². The molecule has 0 spiro atoms. The van der Waals surface area contributed by atoms with Crippen molar-refractivity contribution in [1.29, 1.82) is 0 Å². The summed E-state index contributed by atoms with van der Waals surface area (Å²) < 4.78 is 4.78. The molecule has 0 N–H and O–H groups in total. The number of carbonyl (C=O) groups is 1. The first-order chi connectivity index (χ1) is 8.69. The summed E-state index contributed by atoms with van der Waals surface area (Å²) in [5, 5.41) is 1.79. The number of esters is 1. The molecule has 0 fully saturated rings. The third kappa shape index (κ3) is 2.31. The topological polar surface area (TPSA) is 39.2 Å². The molecule has 0 aliphatic heterocycles. The van der Waals surface area contributed by atoms with Gasteiger partial charge in [0.05, 0.1) is 17.6 Å². The number of halogens is 1. The van der Waals surface area contributed by atoms with Gasteiger partial charge < -0.3 is 4.74 Å². The van der Waals surface area contributed by atoms with Crippen LogP contribution in [-0.4, -0.2) is 23.8 Å². The van der Waals surface area contributed by atoms with E-state index < -0.39 is 5.97 Å². The lowest BCUT2D eigenvalue weighted by atomic mass is 10.1. The van der Waals surface area contributed by atoms with E-state index in [0.29, 0.717) is 15.6 Å². The smallest absolute Gasteiger partial charge is 0.342 e. The van der Waals surface area contributed by atoms with Gasteiger partial charge in [-0.1, -0.05) is 36.7 Å². The number of fused-ring (bicyclic) bond motifs is 1. The standard InChI is InChI=1S/C13H12ClNO2S/c1-3-18-12-10(13(16)17-2)11(14)8-6-4-5-7-9(8)15-12/h4-7H,3H2,1-2H3. The molecule has 1 aromatic heterocycles. The van der Waals surface area contributed by atoms with E-state index in [2.05, 4.69) is 4.98 Å². The SMILES string of the molecule is CCSc1nc2ccccc2c(Cl)c1C(=O)OC. The van der Waals surface area contributed by atoms with Crippen molar-refractivity contribution in [3.8, 4) is 0 Å². The van der Waals surface area contributed by atoms with Crippen molar-refractivity contribution in [2.45, 2.75) is 11.9 Å². The van der Waals surface area contributed by atoms with Gasteiger partial charge in [-0.2, -0.15) is 0 Å². The molecule has 0 atom stereocenters. The summed E-state index contributed by atoms with van der Waals surface area (Å²) in [7, 11) is 1.34. The molecule has 3 nitrogen and oxygen atoms in total. The molecule has 0 aliphatic rings. The Hall–Kier alpha value is -1.26. The zero-order valence-electron chi connectivity index (χ0n) is 10.1. The molecule has 0 bridgehead atoms. The van der Waals surface area contributed by atoms with Crippen LogP contribution >= 0.6 is 23.4 Å². The summed E-state index contributed by atoms with van der Waals surface area (Å²) in [6, 6.07) is 7.48. The van der Waals surface area contributed by atoms with Crippen molar-refractivity contribution >= 4 is 40.2 Å². The number of pyridine rings is 1. The van der Waals surface area contributed by atoms with Crippen molar-refractivity contribution in [2.75, 3.05) is 12.9 Å². The Morgan fingerprint density at radius 2 is 2.17 bits per heavy atom. The van der Waals surface area contributed by atoms with E-state index in [1.54, 1.807) is 0 Å². The Morgan fingerprint density at radius 3 is 2.83 bits per heavy atom. The number of hydrogen-bond acceptors (Lipinski definition) is 4. The average molecular weight is 282 g/mol. The second-order valence-electron chi connectivity index (χ2n) is 3.55. The van der Waals surface area contributed by atoms with Gasteiger partial charge in [0.15, 0.2) is 0 Å². The van der Waals surface area contributed by atoms with E-state index in [4.69, 9.17) is 16.3 Å². The van der Waals surface area contributed by atoms with Gasteiger partial charge in [0.1, 0.15) is 10.6 Å². The molecule has 94 valence electrons. The van der Waals surface area contributed by atoms with Gasteiger partial charge in [-0.05, 0) is 11.8 Å². The maximum absolute atomic E-state index is 11.8. The first-order valence-electron chi connectivity index (χ1n) is 5.48. The quantitative estimate of drug-likeness (QED) is 0.634. The fourth-order valence-electron chi connectivity index (χ4n) is 1.67. The third-order valence-corrected chi connectivity index (χ3v) is 3.72. The highest BCUT2D eigenvalue weighted by atomic mass is 35.5. The highest BCUT2D eigenvalue weighted by Gasteiger charge is 2.20. The number of aromatic nitrogens is 1. The van der Waals surface area contributed by atoms with E-state index in [-0.39, 0.29) is 0 Å². The molecular formula is C13H12ClNO2S. The summed E-state index contributed by atoms with van der Waals surface area (Å²) in [5.41, 5.74) is 1.14. The number of methoxy groups -OCH3 is 1. The molecule has 2 rings (SSSR count). The van der Waals surface area contributed by atoms with Gasteiger partial charge in [0.25, 0.3) is 0 Å². The minimum Gasteiger partial charge on any atom is -0.465 e. The van der Waals surface area contributed by atoms with Crippen molar-refractivity contribution in [2.24, 2.45) is 0 Å². The molecule has 18 heavy (non-hydrogen) atoms. The number of ether oxygens (including phenoxy) is 1. The van der Waals surface area contributed by atoms with Gasteiger partial charge >= 0.3 is 5.97 Å². The molecule has 0 radical (unpaired) electrons. The zero-order chi connectivity index (χ0) is 13.1. The lowest BCUT2D eigenvalue weighted by Gasteiger charge is -2.10. The predicted molar refractivity (Wildman–Crippen MR) is 74.5 cm³/mol. The molecule has 0 amide bonds. The normalized spacial score (nSPS) is 10.6. The highest BCUT2D eigenvalue weighted by Crippen LogP contribution is 2.33. The van der Waals surface area contributed by atoms with E-state index >= 15 is 0 Å². The van der Waals surface area contributed by atoms with E-state index in [1.165, 1.54) is 18.9 Å². The van der Waals surface area contributed by atoms with Crippen molar-refractivity contribution < 1.29 is 9.53 Å². The number of hydrogen-bond donors (Lipinski definition) is 0. The lowest BCUT2D eigenvalue weighted by molar-refractivity contribution is 0.0596. The number of para-hydroxylation sites is 1. The van der Waals surface area contributed by atoms with Crippen molar-refractivity contribution in [1.82, 2.24) is 4.98 Å². The van der Waals surface area contributed by atoms with Crippen LogP contribution in [0.3, 0.4) is 0 Å². The number of carbonyl (C=O) groups excluding carboxylic acids is 1. The minimum absolute atomic E-state index is 0.352. The first-order valence-corrected chi connectivity index (χ1v) is 6.84. The van der Waals surface area contributed by atoms with Crippen LogP contribution < -0.4 is 0 Å². The molecular weight excluding hydrogens is 270 g/mol. The summed E-state index contributed by atoms with van der Waals surface area (Å²) in [6.07, 6.45) is 0. The minimum atomic E-state index is -0.450. The van der Waals surface area contributed by atoms with Gasteiger partial charge in [-0.25, -0.2) is 9.78 Å². The van der Waals surface area contributed by atoms with Gasteiger partial charge in [0, 0.05) is 5.39 Å².